The molecular formula is C16H17OP. The molecule has 0 amide bonds. The van der Waals surface area contributed by atoms with Crippen molar-refractivity contribution in [2.24, 2.45) is 0 Å². The van der Waals surface area contributed by atoms with Crippen molar-refractivity contribution in [3.63, 3.8) is 0 Å². The molecule has 18 heavy (non-hydrogen) atoms. The van der Waals surface area contributed by atoms with Gasteiger partial charge in [0, 0.05) is 7.11 Å². The lowest BCUT2D eigenvalue weighted by molar-refractivity contribution is 0.231. The van der Waals surface area contributed by atoms with Crippen LogP contribution in [0.5, 0.6) is 0 Å². The van der Waals surface area contributed by atoms with Crippen LogP contribution < -0.4 is 10.6 Å². The highest BCUT2D eigenvalue weighted by molar-refractivity contribution is 7.76. The Morgan fingerprint density at radius 1 is 0.944 bits per heavy atom. The van der Waals surface area contributed by atoms with E-state index in [1.165, 1.54) is 10.6 Å². The predicted molar refractivity (Wildman–Crippen MR) is 80.1 cm³/mol. The van der Waals surface area contributed by atoms with Gasteiger partial charge in [-0.05, 0) is 23.8 Å². The molecule has 1 nitrogen and oxygen atoms in total. The minimum absolute atomic E-state index is 0.537. The minimum atomic E-state index is -0.537. The van der Waals surface area contributed by atoms with Crippen molar-refractivity contribution in [1.29, 1.82) is 0 Å². The maximum Gasteiger partial charge on any atom is 0.0717 e. The van der Waals surface area contributed by atoms with Crippen LogP contribution >= 0.6 is 7.92 Å². The first-order chi connectivity index (χ1) is 8.83. The van der Waals surface area contributed by atoms with E-state index in [-0.39, 0.29) is 0 Å². The largest absolute Gasteiger partial charge is 0.380 e. The Bertz CT molecular complexity index is 454. The molecule has 2 aromatic carbocycles. The van der Waals surface area contributed by atoms with Gasteiger partial charge < -0.3 is 4.74 Å². The SMILES string of the molecule is C=C(COC)P(c1ccccc1)c1ccccc1. The van der Waals surface area contributed by atoms with Crippen LogP contribution in [0.3, 0.4) is 0 Å². The average molecular weight is 256 g/mol. The summed E-state index contributed by atoms with van der Waals surface area (Å²) in [4.78, 5) is 0. The average Bonchev–Trinajstić information content (AvgIpc) is 2.42. The van der Waals surface area contributed by atoms with Crippen LogP contribution in [0.1, 0.15) is 0 Å². The highest BCUT2D eigenvalue weighted by Crippen LogP contribution is 2.41. The Labute approximate surface area is 110 Å². The third kappa shape index (κ3) is 3.07. The zero-order valence-corrected chi connectivity index (χ0v) is 11.4. The van der Waals surface area contributed by atoms with E-state index < -0.39 is 7.92 Å². The lowest BCUT2D eigenvalue weighted by Crippen LogP contribution is -2.14. The number of rotatable bonds is 5. The number of hydrogen-bond acceptors (Lipinski definition) is 1. The minimum Gasteiger partial charge on any atom is -0.380 e. The Morgan fingerprint density at radius 3 is 1.78 bits per heavy atom. The lowest BCUT2D eigenvalue weighted by Gasteiger charge is -2.20. The molecule has 0 atom stereocenters. The molecule has 0 aliphatic rings. The summed E-state index contributed by atoms with van der Waals surface area (Å²) in [6, 6.07) is 21.1. The first kappa shape index (κ1) is 13.0. The smallest absolute Gasteiger partial charge is 0.0717 e. The Morgan fingerprint density at radius 2 is 1.39 bits per heavy atom. The topological polar surface area (TPSA) is 9.23 Å². The quantitative estimate of drug-likeness (QED) is 0.746. The molecule has 2 heteroatoms. The van der Waals surface area contributed by atoms with Crippen molar-refractivity contribution in [2.45, 2.75) is 0 Å². The molecule has 0 saturated carbocycles. The van der Waals surface area contributed by atoms with E-state index in [4.69, 9.17) is 4.74 Å². The van der Waals surface area contributed by atoms with Gasteiger partial charge in [-0.1, -0.05) is 67.2 Å². The Kier molecular flexibility index (Phi) is 4.69. The summed E-state index contributed by atoms with van der Waals surface area (Å²) in [6.07, 6.45) is 0. The summed E-state index contributed by atoms with van der Waals surface area (Å²) >= 11 is 0. The second-order valence-corrected chi connectivity index (χ2v) is 6.34. The summed E-state index contributed by atoms with van der Waals surface area (Å²) in [5.74, 6) is 0. The molecule has 0 unspecified atom stereocenters. The van der Waals surface area contributed by atoms with Gasteiger partial charge in [-0.25, -0.2) is 0 Å². The first-order valence-corrected chi connectivity index (χ1v) is 7.24. The Hall–Kier alpha value is -1.43. The molecule has 0 aromatic heterocycles. The third-order valence-corrected chi connectivity index (χ3v) is 5.05. The van der Waals surface area contributed by atoms with Crippen molar-refractivity contribution in [2.75, 3.05) is 13.7 Å². The molecule has 0 aliphatic heterocycles. The van der Waals surface area contributed by atoms with Gasteiger partial charge in [0.05, 0.1) is 6.61 Å². The molecule has 0 aliphatic carbocycles. The molecule has 0 bridgehead atoms. The van der Waals surface area contributed by atoms with Gasteiger partial charge in [0.25, 0.3) is 0 Å². The molecule has 92 valence electrons. The van der Waals surface area contributed by atoms with Crippen LogP contribution in [0.4, 0.5) is 0 Å². The van der Waals surface area contributed by atoms with Crippen LogP contribution in [-0.2, 0) is 4.74 Å². The van der Waals surface area contributed by atoms with Crippen LogP contribution in [0.2, 0.25) is 0 Å². The van der Waals surface area contributed by atoms with Gasteiger partial charge in [-0.3, -0.25) is 0 Å². The summed E-state index contributed by atoms with van der Waals surface area (Å²) in [6.45, 7) is 4.81. The van der Waals surface area contributed by atoms with Crippen LogP contribution in [0.25, 0.3) is 0 Å². The fourth-order valence-electron chi connectivity index (χ4n) is 1.90. The zero-order valence-electron chi connectivity index (χ0n) is 10.5. The molecule has 0 heterocycles. The van der Waals surface area contributed by atoms with Gasteiger partial charge in [0.2, 0.25) is 0 Å². The number of hydrogen-bond donors (Lipinski definition) is 0. The highest BCUT2D eigenvalue weighted by Gasteiger charge is 2.16. The zero-order chi connectivity index (χ0) is 12.8. The van der Waals surface area contributed by atoms with Gasteiger partial charge in [-0.2, -0.15) is 0 Å². The third-order valence-electron chi connectivity index (χ3n) is 2.66. The normalized spacial score (nSPS) is 10.6. The summed E-state index contributed by atoms with van der Waals surface area (Å²) in [5, 5.41) is 3.78. The van der Waals surface area contributed by atoms with Crippen LogP contribution in [-0.4, -0.2) is 13.7 Å². The standard InChI is InChI=1S/C16H17OP/c1-14(13-17-2)18(15-9-5-3-6-10-15)16-11-7-4-8-12-16/h3-12H,1,13H2,2H3. The van der Waals surface area contributed by atoms with Crippen LogP contribution in [0, 0.1) is 0 Å². The van der Waals surface area contributed by atoms with Gasteiger partial charge in [-0.15, -0.1) is 0 Å². The first-order valence-electron chi connectivity index (χ1n) is 5.90. The van der Waals surface area contributed by atoms with Crippen molar-refractivity contribution < 1.29 is 4.74 Å². The molecule has 2 rings (SSSR count). The van der Waals surface area contributed by atoms with Gasteiger partial charge in [0.1, 0.15) is 0 Å². The van der Waals surface area contributed by atoms with Crippen LogP contribution in [0.15, 0.2) is 72.6 Å². The number of methoxy groups -OCH3 is 1. The van der Waals surface area contributed by atoms with Gasteiger partial charge >= 0.3 is 0 Å². The van der Waals surface area contributed by atoms with Crippen molar-refractivity contribution in [1.82, 2.24) is 0 Å². The second-order valence-electron chi connectivity index (χ2n) is 4.01. The van der Waals surface area contributed by atoms with Crippen molar-refractivity contribution in [3.05, 3.63) is 72.6 Å². The monoisotopic (exact) mass is 256 g/mol. The molecule has 0 fully saturated rings. The molecule has 0 radical (unpaired) electrons. The maximum absolute atomic E-state index is 5.24. The van der Waals surface area contributed by atoms with E-state index in [0.29, 0.717) is 6.61 Å². The van der Waals surface area contributed by atoms with E-state index in [2.05, 4.69) is 55.1 Å². The van der Waals surface area contributed by atoms with Crippen molar-refractivity contribution in [3.8, 4) is 0 Å². The molecule has 0 saturated heterocycles. The summed E-state index contributed by atoms with van der Waals surface area (Å²) in [7, 11) is 1.18. The molecule has 0 N–H and O–H groups in total. The van der Waals surface area contributed by atoms with E-state index in [0.717, 1.165) is 5.31 Å². The number of benzene rings is 2. The lowest BCUT2D eigenvalue weighted by atomic mass is 10.4. The van der Waals surface area contributed by atoms with Gasteiger partial charge in [0.15, 0.2) is 0 Å². The van der Waals surface area contributed by atoms with E-state index in [9.17, 15) is 0 Å². The van der Waals surface area contributed by atoms with Crippen molar-refractivity contribution >= 4 is 18.5 Å². The van der Waals surface area contributed by atoms with E-state index in [1.807, 2.05) is 12.1 Å². The fraction of sp³-hybridized carbons (Fsp3) is 0.125. The molecular weight excluding hydrogens is 239 g/mol. The second kappa shape index (κ2) is 6.49. The summed E-state index contributed by atoms with van der Waals surface area (Å²) < 4.78 is 5.24. The molecule has 2 aromatic rings. The number of ether oxygens (including phenoxy) is 1. The summed E-state index contributed by atoms with van der Waals surface area (Å²) in [5.41, 5.74) is 0. The highest BCUT2D eigenvalue weighted by atomic mass is 31.1. The predicted octanol–water partition coefficient (Wildman–Crippen LogP) is 3.28. The fourth-order valence-corrected chi connectivity index (χ4v) is 4.13. The van der Waals surface area contributed by atoms with E-state index >= 15 is 0 Å². The Balaban J connectivity index is 2.38. The van der Waals surface area contributed by atoms with E-state index in [1.54, 1.807) is 7.11 Å². The maximum atomic E-state index is 5.24. The molecule has 0 spiro atoms.